The van der Waals surface area contributed by atoms with E-state index in [1.54, 1.807) is 11.1 Å². The van der Waals surface area contributed by atoms with Crippen molar-refractivity contribution in [3.05, 3.63) is 34.9 Å². The third kappa shape index (κ3) is 4.45. The van der Waals surface area contributed by atoms with Crippen molar-refractivity contribution in [2.75, 3.05) is 19.6 Å². The molecule has 1 aliphatic heterocycles. The zero-order chi connectivity index (χ0) is 13.4. The minimum Gasteiger partial charge on any atom is -0.299 e. The molecule has 0 aromatic rings. The Kier molecular flexibility index (Phi) is 7.04. The van der Waals surface area contributed by atoms with Crippen molar-refractivity contribution in [2.24, 2.45) is 0 Å². The van der Waals surface area contributed by atoms with E-state index in [9.17, 15) is 0 Å². The topological polar surface area (TPSA) is 3.24 Å². The van der Waals surface area contributed by atoms with Crippen LogP contribution in [0.1, 0.15) is 53.4 Å². The average Bonchev–Trinajstić information content (AvgIpc) is 2.53. The summed E-state index contributed by atoms with van der Waals surface area (Å²) in [7, 11) is 0. The summed E-state index contributed by atoms with van der Waals surface area (Å²) in [6.07, 6.45) is 11.7. The Morgan fingerprint density at radius 1 is 1.22 bits per heavy atom. The van der Waals surface area contributed by atoms with Crippen LogP contribution in [0, 0.1) is 0 Å². The van der Waals surface area contributed by atoms with E-state index in [-0.39, 0.29) is 0 Å². The van der Waals surface area contributed by atoms with Crippen LogP contribution < -0.4 is 0 Å². The van der Waals surface area contributed by atoms with Gasteiger partial charge in [-0.25, -0.2) is 0 Å². The molecule has 2 aliphatic rings. The molecule has 1 heteroatoms. The lowest BCUT2D eigenvalue weighted by molar-refractivity contribution is 0.285. The molecule has 0 bridgehead atoms. The number of hydrogen-bond donors (Lipinski definition) is 0. The molecule has 1 aliphatic carbocycles. The second kappa shape index (κ2) is 8.31. The summed E-state index contributed by atoms with van der Waals surface area (Å²) in [4.78, 5) is 2.59. The lowest BCUT2D eigenvalue weighted by Gasteiger charge is -2.30. The Balaban J connectivity index is 0.000000492. The fourth-order valence-electron chi connectivity index (χ4n) is 2.59. The molecule has 0 saturated heterocycles. The van der Waals surface area contributed by atoms with Gasteiger partial charge in [-0.1, -0.05) is 45.4 Å². The van der Waals surface area contributed by atoms with Gasteiger partial charge in [-0.3, -0.25) is 4.90 Å². The fourth-order valence-corrected chi connectivity index (χ4v) is 2.59. The molecule has 0 N–H and O–H groups in total. The highest BCUT2D eigenvalue weighted by atomic mass is 15.1. The molecule has 102 valence electrons. The van der Waals surface area contributed by atoms with Crippen LogP contribution >= 0.6 is 0 Å². The highest BCUT2D eigenvalue weighted by Gasteiger charge is 2.18. The summed E-state index contributed by atoms with van der Waals surface area (Å²) in [5.74, 6) is 0. The van der Waals surface area contributed by atoms with E-state index in [1.807, 2.05) is 0 Å². The molecule has 0 aromatic heterocycles. The molecular weight excluding hydrogens is 218 g/mol. The molecule has 0 spiro atoms. The van der Waals surface area contributed by atoms with Gasteiger partial charge in [0.15, 0.2) is 0 Å². The monoisotopic (exact) mass is 247 g/mol. The fraction of sp³-hybridized carbons (Fsp3) is 0.647. The van der Waals surface area contributed by atoms with Crippen LogP contribution in [0.2, 0.25) is 0 Å². The zero-order valence-corrected chi connectivity index (χ0v) is 12.6. The molecule has 0 amide bonds. The van der Waals surface area contributed by atoms with Gasteiger partial charge >= 0.3 is 0 Å². The van der Waals surface area contributed by atoms with Crippen molar-refractivity contribution in [3.63, 3.8) is 0 Å². The van der Waals surface area contributed by atoms with E-state index in [0.29, 0.717) is 0 Å². The first kappa shape index (κ1) is 15.2. The standard InChI is InChI=1S/C14H21N.C3H8/c1-3-9-15-10-8-14-12(2)6-4-5-7-13(14)11-15;1-3-2/h4-6H,3,7-11H2,1-2H3;3H2,1-2H3. The first-order chi connectivity index (χ1) is 8.72. The molecule has 0 saturated carbocycles. The van der Waals surface area contributed by atoms with Crippen molar-refractivity contribution in [3.8, 4) is 0 Å². The molecule has 2 rings (SSSR count). The van der Waals surface area contributed by atoms with Crippen LogP contribution in [0.15, 0.2) is 34.9 Å². The lowest BCUT2D eigenvalue weighted by Crippen LogP contribution is -2.32. The summed E-state index contributed by atoms with van der Waals surface area (Å²) >= 11 is 0. The molecule has 1 nitrogen and oxygen atoms in total. The lowest BCUT2D eigenvalue weighted by atomic mass is 9.93. The van der Waals surface area contributed by atoms with Gasteiger partial charge in [-0.15, -0.1) is 0 Å². The van der Waals surface area contributed by atoms with Gasteiger partial charge < -0.3 is 0 Å². The van der Waals surface area contributed by atoms with E-state index in [0.717, 1.165) is 6.42 Å². The molecule has 0 unspecified atom stereocenters. The third-order valence-corrected chi connectivity index (χ3v) is 3.38. The largest absolute Gasteiger partial charge is 0.299 e. The summed E-state index contributed by atoms with van der Waals surface area (Å²) < 4.78 is 0. The minimum absolute atomic E-state index is 1.16. The second-order valence-electron chi connectivity index (χ2n) is 5.30. The van der Waals surface area contributed by atoms with E-state index in [2.05, 4.69) is 50.8 Å². The van der Waals surface area contributed by atoms with Crippen LogP contribution in [0.5, 0.6) is 0 Å². The Hall–Kier alpha value is -0.820. The maximum atomic E-state index is 2.59. The number of hydrogen-bond acceptors (Lipinski definition) is 1. The normalized spacial score (nSPS) is 19.7. The second-order valence-corrected chi connectivity index (χ2v) is 5.30. The van der Waals surface area contributed by atoms with Gasteiger partial charge in [0.05, 0.1) is 0 Å². The van der Waals surface area contributed by atoms with Crippen LogP contribution in [-0.4, -0.2) is 24.5 Å². The van der Waals surface area contributed by atoms with Gasteiger partial charge in [0.25, 0.3) is 0 Å². The predicted molar refractivity (Wildman–Crippen MR) is 81.9 cm³/mol. The van der Waals surface area contributed by atoms with Crippen molar-refractivity contribution < 1.29 is 0 Å². The molecule has 0 aromatic carbocycles. The smallest absolute Gasteiger partial charge is 0.0202 e. The molecule has 18 heavy (non-hydrogen) atoms. The molecule has 0 fully saturated rings. The summed E-state index contributed by atoms with van der Waals surface area (Å²) in [5, 5.41) is 0. The van der Waals surface area contributed by atoms with Crippen molar-refractivity contribution >= 4 is 0 Å². The van der Waals surface area contributed by atoms with Crippen molar-refractivity contribution in [1.82, 2.24) is 4.90 Å². The molecule has 1 heterocycles. The maximum Gasteiger partial charge on any atom is 0.0202 e. The summed E-state index contributed by atoms with van der Waals surface area (Å²) in [6.45, 7) is 12.5. The van der Waals surface area contributed by atoms with Crippen LogP contribution in [0.3, 0.4) is 0 Å². The van der Waals surface area contributed by atoms with Gasteiger partial charge in [-0.05, 0) is 49.5 Å². The predicted octanol–water partition coefficient (Wildman–Crippen LogP) is 4.72. The highest BCUT2D eigenvalue weighted by molar-refractivity contribution is 5.41. The van der Waals surface area contributed by atoms with Gasteiger partial charge in [0.1, 0.15) is 0 Å². The zero-order valence-electron chi connectivity index (χ0n) is 12.6. The van der Waals surface area contributed by atoms with Crippen LogP contribution in [0.4, 0.5) is 0 Å². The Bertz CT molecular complexity index is 334. The van der Waals surface area contributed by atoms with Gasteiger partial charge in [-0.2, -0.15) is 0 Å². The van der Waals surface area contributed by atoms with Crippen molar-refractivity contribution in [1.29, 1.82) is 0 Å². The Morgan fingerprint density at radius 2 is 1.94 bits per heavy atom. The molecular formula is C17H29N. The Morgan fingerprint density at radius 3 is 2.61 bits per heavy atom. The molecule has 0 atom stereocenters. The molecule has 0 radical (unpaired) electrons. The first-order valence-electron chi connectivity index (χ1n) is 7.49. The van der Waals surface area contributed by atoms with E-state index in [4.69, 9.17) is 0 Å². The Labute approximate surface area is 113 Å². The van der Waals surface area contributed by atoms with Crippen molar-refractivity contribution in [2.45, 2.75) is 53.4 Å². The SMILES string of the molecule is CCC.CCCN1CCC2=C(CC=CC=C2C)C1. The van der Waals surface area contributed by atoms with Gasteiger partial charge in [0, 0.05) is 13.1 Å². The average molecular weight is 247 g/mol. The number of allylic oxidation sites excluding steroid dienone is 4. The third-order valence-electron chi connectivity index (χ3n) is 3.38. The first-order valence-corrected chi connectivity index (χ1v) is 7.49. The summed E-state index contributed by atoms with van der Waals surface area (Å²) in [5.41, 5.74) is 4.76. The van der Waals surface area contributed by atoms with E-state index < -0.39 is 0 Å². The quantitative estimate of drug-likeness (QED) is 0.682. The minimum atomic E-state index is 1.16. The number of rotatable bonds is 2. The number of nitrogens with zero attached hydrogens (tertiary/aromatic N) is 1. The highest BCUT2D eigenvalue weighted by Crippen LogP contribution is 2.28. The van der Waals surface area contributed by atoms with Crippen LogP contribution in [-0.2, 0) is 0 Å². The van der Waals surface area contributed by atoms with E-state index >= 15 is 0 Å². The van der Waals surface area contributed by atoms with Crippen LogP contribution in [0.25, 0.3) is 0 Å². The van der Waals surface area contributed by atoms with E-state index in [1.165, 1.54) is 44.5 Å². The van der Waals surface area contributed by atoms with Gasteiger partial charge in [0.2, 0.25) is 0 Å². The summed E-state index contributed by atoms with van der Waals surface area (Å²) in [6, 6.07) is 0. The maximum absolute atomic E-state index is 2.59.